The standard InChI is InChI=1S/C22H36O/c1-6-17(16-21(2,3)4)18-10-12-19(13-11-18)20(23)22(5)14-8-7-9-15-22/h10-13,17,20,23H,6-9,14-16H2,1-5H3. The summed E-state index contributed by atoms with van der Waals surface area (Å²) >= 11 is 0. The Morgan fingerprint density at radius 2 is 1.52 bits per heavy atom. The average Bonchev–Trinajstić information content (AvgIpc) is 2.52. The summed E-state index contributed by atoms with van der Waals surface area (Å²) < 4.78 is 0. The first kappa shape index (κ1) is 18.5. The number of aliphatic hydroxyl groups is 1. The lowest BCUT2D eigenvalue weighted by Gasteiger charge is -2.38. The number of hydrogen-bond donors (Lipinski definition) is 1. The highest BCUT2D eigenvalue weighted by atomic mass is 16.3. The molecule has 0 spiro atoms. The molecule has 23 heavy (non-hydrogen) atoms. The molecule has 2 unspecified atom stereocenters. The van der Waals surface area contributed by atoms with Crippen molar-refractivity contribution in [1.82, 2.24) is 0 Å². The lowest BCUT2D eigenvalue weighted by atomic mass is 9.70. The number of hydrogen-bond acceptors (Lipinski definition) is 1. The van der Waals surface area contributed by atoms with E-state index in [0.717, 1.165) is 18.4 Å². The fourth-order valence-corrected chi connectivity index (χ4v) is 4.22. The summed E-state index contributed by atoms with van der Waals surface area (Å²) in [6.07, 6.45) is 8.21. The van der Waals surface area contributed by atoms with Gasteiger partial charge in [0, 0.05) is 0 Å². The number of aliphatic hydroxyl groups excluding tert-OH is 1. The zero-order chi connectivity index (χ0) is 17.1. The van der Waals surface area contributed by atoms with E-state index in [-0.39, 0.29) is 11.5 Å². The minimum absolute atomic E-state index is 0.0648. The molecule has 1 aliphatic rings. The van der Waals surface area contributed by atoms with Crippen molar-refractivity contribution in [2.24, 2.45) is 10.8 Å². The highest BCUT2D eigenvalue weighted by Gasteiger charge is 2.35. The van der Waals surface area contributed by atoms with Crippen molar-refractivity contribution < 1.29 is 5.11 Å². The zero-order valence-electron chi connectivity index (χ0n) is 15.9. The van der Waals surface area contributed by atoms with Gasteiger partial charge in [-0.2, -0.15) is 0 Å². The van der Waals surface area contributed by atoms with Crippen LogP contribution in [0.25, 0.3) is 0 Å². The molecule has 0 aliphatic heterocycles. The second kappa shape index (κ2) is 7.38. The van der Waals surface area contributed by atoms with E-state index in [1.165, 1.54) is 37.7 Å². The van der Waals surface area contributed by atoms with E-state index >= 15 is 0 Å². The molecular weight excluding hydrogens is 280 g/mol. The van der Waals surface area contributed by atoms with E-state index in [0.29, 0.717) is 11.3 Å². The van der Waals surface area contributed by atoms with Gasteiger partial charge >= 0.3 is 0 Å². The normalized spacial score (nSPS) is 21.0. The first-order valence-corrected chi connectivity index (χ1v) is 9.53. The highest BCUT2D eigenvalue weighted by molar-refractivity contribution is 5.28. The van der Waals surface area contributed by atoms with Crippen LogP contribution in [0.1, 0.15) is 103 Å². The Hall–Kier alpha value is -0.820. The molecule has 2 rings (SSSR count). The van der Waals surface area contributed by atoms with Crippen LogP contribution in [0.5, 0.6) is 0 Å². The Morgan fingerprint density at radius 3 is 2.00 bits per heavy atom. The van der Waals surface area contributed by atoms with Gasteiger partial charge in [-0.15, -0.1) is 0 Å². The van der Waals surface area contributed by atoms with E-state index in [1.54, 1.807) is 0 Å². The summed E-state index contributed by atoms with van der Waals surface area (Å²) in [5.74, 6) is 0.617. The van der Waals surface area contributed by atoms with E-state index in [9.17, 15) is 5.11 Å². The Labute approximate surface area is 143 Å². The van der Waals surface area contributed by atoms with Gasteiger partial charge in [0.2, 0.25) is 0 Å². The summed E-state index contributed by atoms with van der Waals surface area (Å²) in [7, 11) is 0. The maximum Gasteiger partial charge on any atom is 0.0843 e. The fourth-order valence-electron chi connectivity index (χ4n) is 4.22. The Morgan fingerprint density at radius 1 is 1.00 bits per heavy atom. The van der Waals surface area contributed by atoms with Crippen molar-refractivity contribution >= 4 is 0 Å². The summed E-state index contributed by atoms with van der Waals surface area (Å²) in [5, 5.41) is 10.9. The van der Waals surface area contributed by atoms with Crippen LogP contribution in [-0.4, -0.2) is 5.11 Å². The molecular formula is C22H36O. The van der Waals surface area contributed by atoms with E-state index in [2.05, 4.69) is 58.9 Å². The lowest BCUT2D eigenvalue weighted by molar-refractivity contribution is 0.00817. The minimum Gasteiger partial charge on any atom is -0.388 e. The van der Waals surface area contributed by atoms with Crippen LogP contribution in [0.2, 0.25) is 0 Å². The van der Waals surface area contributed by atoms with Crippen molar-refractivity contribution in [3.05, 3.63) is 35.4 Å². The predicted molar refractivity (Wildman–Crippen MR) is 99.7 cm³/mol. The monoisotopic (exact) mass is 316 g/mol. The zero-order valence-corrected chi connectivity index (χ0v) is 15.9. The van der Waals surface area contributed by atoms with Crippen LogP contribution in [0.15, 0.2) is 24.3 Å². The molecule has 0 amide bonds. The quantitative estimate of drug-likeness (QED) is 0.647. The number of rotatable bonds is 5. The van der Waals surface area contributed by atoms with E-state index < -0.39 is 0 Å². The maximum absolute atomic E-state index is 10.9. The van der Waals surface area contributed by atoms with Gasteiger partial charge < -0.3 is 5.11 Å². The lowest BCUT2D eigenvalue weighted by Crippen LogP contribution is -2.28. The van der Waals surface area contributed by atoms with Gasteiger partial charge in [0.15, 0.2) is 0 Å². The first-order chi connectivity index (χ1) is 10.7. The maximum atomic E-state index is 10.9. The van der Waals surface area contributed by atoms with Crippen molar-refractivity contribution in [2.45, 2.75) is 91.6 Å². The van der Waals surface area contributed by atoms with E-state index in [4.69, 9.17) is 0 Å². The molecule has 0 saturated heterocycles. The van der Waals surface area contributed by atoms with Gasteiger partial charge in [-0.3, -0.25) is 0 Å². The van der Waals surface area contributed by atoms with Gasteiger partial charge in [0.05, 0.1) is 6.10 Å². The van der Waals surface area contributed by atoms with Crippen LogP contribution >= 0.6 is 0 Å². The molecule has 0 bridgehead atoms. The molecule has 1 aromatic rings. The van der Waals surface area contributed by atoms with Crippen LogP contribution < -0.4 is 0 Å². The van der Waals surface area contributed by atoms with Crippen molar-refractivity contribution in [3.8, 4) is 0 Å². The van der Waals surface area contributed by atoms with Crippen LogP contribution in [-0.2, 0) is 0 Å². The summed E-state index contributed by atoms with van der Waals surface area (Å²) in [5.41, 5.74) is 2.94. The SMILES string of the molecule is CCC(CC(C)(C)C)c1ccc(C(O)C2(C)CCCCC2)cc1. The molecule has 130 valence electrons. The summed E-state index contributed by atoms with van der Waals surface area (Å²) in [6, 6.07) is 8.85. The Balaban J connectivity index is 2.11. The molecule has 1 fully saturated rings. The Kier molecular flexibility index (Phi) is 5.94. The molecule has 0 aromatic heterocycles. The molecule has 1 N–H and O–H groups in total. The number of benzene rings is 1. The third-order valence-corrected chi connectivity index (χ3v) is 5.73. The third kappa shape index (κ3) is 4.83. The second-order valence-corrected chi connectivity index (χ2v) is 9.15. The van der Waals surface area contributed by atoms with E-state index in [1.807, 2.05) is 0 Å². The molecule has 1 saturated carbocycles. The highest BCUT2D eigenvalue weighted by Crippen LogP contribution is 2.45. The second-order valence-electron chi connectivity index (χ2n) is 9.15. The molecule has 2 atom stereocenters. The van der Waals surface area contributed by atoms with Crippen LogP contribution in [0.3, 0.4) is 0 Å². The largest absolute Gasteiger partial charge is 0.388 e. The molecule has 0 heterocycles. The molecule has 1 aromatic carbocycles. The predicted octanol–water partition coefficient (Wildman–Crippen LogP) is 6.62. The van der Waals surface area contributed by atoms with Gasteiger partial charge in [-0.05, 0) is 53.6 Å². The first-order valence-electron chi connectivity index (χ1n) is 9.53. The average molecular weight is 317 g/mol. The minimum atomic E-state index is -0.320. The Bertz CT molecular complexity index is 474. The van der Waals surface area contributed by atoms with Gasteiger partial charge in [0.1, 0.15) is 0 Å². The van der Waals surface area contributed by atoms with Crippen molar-refractivity contribution in [3.63, 3.8) is 0 Å². The third-order valence-electron chi connectivity index (χ3n) is 5.73. The molecule has 1 heteroatoms. The summed E-state index contributed by atoms with van der Waals surface area (Å²) in [4.78, 5) is 0. The van der Waals surface area contributed by atoms with Crippen LogP contribution in [0, 0.1) is 10.8 Å². The summed E-state index contributed by atoms with van der Waals surface area (Å²) in [6.45, 7) is 11.5. The van der Waals surface area contributed by atoms with Crippen molar-refractivity contribution in [2.75, 3.05) is 0 Å². The van der Waals surface area contributed by atoms with Gasteiger partial charge in [-0.25, -0.2) is 0 Å². The molecule has 1 nitrogen and oxygen atoms in total. The van der Waals surface area contributed by atoms with Gasteiger partial charge in [-0.1, -0.05) is 78.1 Å². The van der Waals surface area contributed by atoms with Gasteiger partial charge in [0.25, 0.3) is 0 Å². The van der Waals surface area contributed by atoms with Crippen molar-refractivity contribution in [1.29, 1.82) is 0 Å². The molecule has 1 aliphatic carbocycles. The topological polar surface area (TPSA) is 20.2 Å². The van der Waals surface area contributed by atoms with Crippen LogP contribution in [0.4, 0.5) is 0 Å². The fraction of sp³-hybridized carbons (Fsp3) is 0.727. The smallest absolute Gasteiger partial charge is 0.0843 e. The molecule has 0 radical (unpaired) electrons.